The van der Waals surface area contributed by atoms with E-state index in [-0.39, 0.29) is 12.5 Å². The number of carbonyl (C=O) groups is 1. The van der Waals surface area contributed by atoms with Crippen molar-refractivity contribution < 1.29 is 9.53 Å². The van der Waals surface area contributed by atoms with Gasteiger partial charge in [0.05, 0.1) is 0 Å². The maximum atomic E-state index is 11.9. The molecule has 2 rings (SSSR count). The number of amides is 1. The maximum absolute atomic E-state index is 11.9. The average molecular weight is 317 g/mol. The van der Waals surface area contributed by atoms with Gasteiger partial charge in [-0.2, -0.15) is 5.10 Å². The van der Waals surface area contributed by atoms with Crippen LogP contribution in [-0.4, -0.2) is 42.8 Å². The number of nitrogens with one attached hydrogen (secondary N) is 1. The van der Waals surface area contributed by atoms with Gasteiger partial charge < -0.3 is 9.64 Å². The molecule has 1 aliphatic rings. The number of hydrogen-bond donors (Lipinski definition) is 1. The molecule has 126 valence electrons. The van der Waals surface area contributed by atoms with Crippen molar-refractivity contribution in [2.24, 2.45) is 5.10 Å². The smallest absolute Gasteiger partial charge is 0.277 e. The van der Waals surface area contributed by atoms with E-state index in [4.69, 9.17) is 4.74 Å². The Morgan fingerprint density at radius 1 is 1.30 bits per heavy atom. The molecular formula is C18H27N3O2. The van der Waals surface area contributed by atoms with E-state index in [0.29, 0.717) is 0 Å². The van der Waals surface area contributed by atoms with Crippen molar-refractivity contribution >= 4 is 11.6 Å². The summed E-state index contributed by atoms with van der Waals surface area (Å²) in [6.45, 7) is 9.36. The lowest BCUT2D eigenvalue weighted by Gasteiger charge is -2.26. The van der Waals surface area contributed by atoms with Gasteiger partial charge in [0.1, 0.15) is 5.75 Å². The van der Waals surface area contributed by atoms with Crippen LogP contribution in [-0.2, 0) is 4.79 Å². The SMILES string of the molecule is CCCN1CCC(=NNC(=O)COc2cc(C)ccc2C)CC1. The molecule has 1 aromatic carbocycles. The highest BCUT2D eigenvalue weighted by molar-refractivity contribution is 5.87. The monoisotopic (exact) mass is 317 g/mol. The first-order chi connectivity index (χ1) is 11.1. The molecule has 0 aliphatic carbocycles. The van der Waals surface area contributed by atoms with Gasteiger partial charge in [-0.25, -0.2) is 5.43 Å². The van der Waals surface area contributed by atoms with E-state index >= 15 is 0 Å². The third-order valence-electron chi connectivity index (χ3n) is 4.01. The second-order valence-corrected chi connectivity index (χ2v) is 6.11. The van der Waals surface area contributed by atoms with Crippen LogP contribution in [0.15, 0.2) is 23.3 Å². The van der Waals surface area contributed by atoms with Gasteiger partial charge in [-0.15, -0.1) is 0 Å². The molecule has 0 spiro atoms. The van der Waals surface area contributed by atoms with Crippen LogP contribution in [0.25, 0.3) is 0 Å². The molecule has 1 amide bonds. The average Bonchev–Trinajstić information content (AvgIpc) is 2.55. The molecule has 0 aromatic heterocycles. The number of ether oxygens (including phenoxy) is 1. The third kappa shape index (κ3) is 5.67. The molecule has 1 aromatic rings. The van der Waals surface area contributed by atoms with Crippen LogP contribution in [0, 0.1) is 13.8 Å². The predicted molar refractivity (Wildman–Crippen MR) is 93.0 cm³/mol. The number of hydrogen-bond acceptors (Lipinski definition) is 4. The summed E-state index contributed by atoms with van der Waals surface area (Å²) < 4.78 is 5.58. The zero-order valence-electron chi connectivity index (χ0n) is 14.4. The maximum Gasteiger partial charge on any atom is 0.277 e. The molecule has 1 saturated heterocycles. The molecule has 0 unspecified atom stereocenters. The van der Waals surface area contributed by atoms with Crippen LogP contribution in [0.4, 0.5) is 0 Å². The van der Waals surface area contributed by atoms with E-state index in [1.54, 1.807) is 0 Å². The first-order valence-electron chi connectivity index (χ1n) is 8.35. The van der Waals surface area contributed by atoms with Gasteiger partial charge in [0, 0.05) is 31.6 Å². The fraction of sp³-hybridized carbons (Fsp3) is 0.556. The molecule has 0 radical (unpaired) electrons. The Kier molecular flexibility index (Phi) is 6.59. The van der Waals surface area contributed by atoms with E-state index in [9.17, 15) is 4.79 Å². The Balaban J connectivity index is 1.75. The molecule has 0 bridgehead atoms. The summed E-state index contributed by atoms with van der Waals surface area (Å²) in [5.41, 5.74) is 5.82. The van der Waals surface area contributed by atoms with Gasteiger partial charge in [-0.3, -0.25) is 4.79 Å². The van der Waals surface area contributed by atoms with Gasteiger partial charge >= 0.3 is 0 Å². The minimum atomic E-state index is -0.214. The summed E-state index contributed by atoms with van der Waals surface area (Å²) in [6.07, 6.45) is 3.04. The second kappa shape index (κ2) is 8.67. The van der Waals surface area contributed by atoms with E-state index in [0.717, 1.165) is 55.1 Å². The first kappa shape index (κ1) is 17.5. The largest absolute Gasteiger partial charge is 0.483 e. The highest BCUT2D eigenvalue weighted by Gasteiger charge is 2.14. The minimum absolute atomic E-state index is 0.0109. The summed E-state index contributed by atoms with van der Waals surface area (Å²) in [5.74, 6) is 0.537. The van der Waals surface area contributed by atoms with Crippen LogP contribution in [0.3, 0.4) is 0 Å². The Bertz CT molecular complexity index is 559. The number of rotatable bonds is 6. The zero-order chi connectivity index (χ0) is 16.7. The molecule has 1 N–H and O–H groups in total. The lowest BCUT2D eigenvalue weighted by molar-refractivity contribution is -0.123. The molecule has 0 atom stereocenters. The van der Waals surface area contributed by atoms with Crippen molar-refractivity contribution in [1.29, 1.82) is 0 Å². The van der Waals surface area contributed by atoms with Gasteiger partial charge in [0.15, 0.2) is 6.61 Å². The van der Waals surface area contributed by atoms with Gasteiger partial charge in [-0.1, -0.05) is 19.1 Å². The van der Waals surface area contributed by atoms with Crippen LogP contribution in [0.1, 0.15) is 37.3 Å². The lowest BCUT2D eigenvalue weighted by atomic mass is 10.1. The zero-order valence-corrected chi connectivity index (χ0v) is 14.4. The van der Waals surface area contributed by atoms with Crippen molar-refractivity contribution in [2.45, 2.75) is 40.0 Å². The van der Waals surface area contributed by atoms with Crippen molar-refractivity contribution in [2.75, 3.05) is 26.2 Å². The van der Waals surface area contributed by atoms with Crippen LogP contribution in [0.2, 0.25) is 0 Å². The highest BCUT2D eigenvalue weighted by atomic mass is 16.5. The summed E-state index contributed by atoms with van der Waals surface area (Å²) >= 11 is 0. The van der Waals surface area contributed by atoms with Crippen LogP contribution in [0.5, 0.6) is 5.75 Å². The number of aryl methyl sites for hydroxylation is 2. The van der Waals surface area contributed by atoms with Crippen molar-refractivity contribution in [3.05, 3.63) is 29.3 Å². The highest BCUT2D eigenvalue weighted by Crippen LogP contribution is 2.18. The Labute approximate surface area is 138 Å². The topological polar surface area (TPSA) is 53.9 Å². The number of benzene rings is 1. The molecule has 1 aliphatic heterocycles. The van der Waals surface area contributed by atoms with Gasteiger partial charge in [0.25, 0.3) is 5.91 Å². The Morgan fingerprint density at radius 3 is 2.74 bits per heavy atom. The van der Waals surface area contributed by atoms with Gasteiger partial charge in [0.2, 0.25) is 0 Å². The second-order valence-electron chi connectivity index (χ2n) is 6.11. The number of piperidine rings is 1. The van der Waals surface area contributed by atoms with Crippen LogP contribution >= 0.6 is 0 Å². The summed E-state index contributed by atoms with van der Waals surface area (Å²) in [5, 5.41) is 4.24. The fourth-order valence-electron chi connectivity index (χ4n) is 2.64. The van der Waals surface area contributed by atoms with Crippen LogP contribution < -0.4 is 10.2 Å². The summed E-state index contributed by atoms with van der Waals surface area (Å²) in [4.78, 5) is 14.3. The number of carbonyl (C=O) groups excluding carboxylic acids is 1. The van der Waals surface area contributed by atoms with E-state index in [2.05, 4.69) is 22.4 Å². The molecule has 0 saturated carbocycles. The first-order valence-corrected chi connectivity index (χ1v) is 8.35. The predicted octanol–water partition coefficient (Wildman–Crippen LogP) is 2.66. The molecule has 1 fully saturated rings. The van der Waals surface area contributed by atoms with Gasteiger partial charge in [-0.05, 0) is 44.0 Å². The molecule has 23 heavy (non-hydrogen) atoms. The van der Waals surface area contributed by atoms with Crippen molar-refractivity contribution in [3.8, 4) is 5.75 Å². The lowest BCUT2D eigenvalue weighted by Crippen LogP contribution is -2.35. The minimum Gasteiger partial charge on any atom is -0.483 e. The number of hydrazone groups is 1. The van der Waals surface area contributed by atoms with E-state index in [1.165, 1.54) is 6.42 Å². The summed E-state index contributed by atoms with van der Waals surface area (Å²) in [6, 6.07) is 5.96. The van der Waals surface area contributed by atoms with Crippen molar-refractivity contribution in [3.63, 3.8) is 0 Å². The van der Waals surface area contributed by atoms with E-state index in [1.807, 2.05) is 32.0 Å². The van der Waals surface area contributed by atoms with Crippen molar-refractivity contribution in [1.82, 2.24) is 10.3 Å². The molecule has 1 heterocycles. The summed E-state index contributed by atoms with van der Waals surface area (Å²) in [7, 11) is 0. The molecule has 5 heteroatoms. The Hall–Kier alpha value is -1.88. The number of likely N-dealkylation sites (tertiary alicyclic amines) is 1. The molecule has 5 nitrogen and oxygen atoms in total. The Morgan fingerprint density at radius 2 is 2.04 bits per heavy atom. The van der Waals surface area contributed by atoms with E-state index < -0.39 is 0 Å². The standard InChI is InChI=1S/C18H27N3O2/c1-4-9-21-10-7-16(8-11-21)19-20-18(22)13-23-17-12-14(2)5-6-15(17)3/h5-6,12H,4,7-11,13H2,1-3H3,(H,20,22). The third-order valence-corrected chi connectivity index (χ3v) is 4.01. The molecular weight excluding hydrogens is 290 g/mol. The normalized spacial score (nSPS) is 15.3. The fourth-order valence-corrected chi connectivity index (χ4v) is 2.64. The quantitative estimate of drug-likeness (QED) is 0.821. The number of nitrogens with zero attached hydrogens (tertiary/aromatic N) is 2.